The van der Waals surface area contributed by atoms with Gasteiger partial charge in [0.25, 0.3) is 0 Å². The predicted molar refractivity (Wildman–Crippen MR) is 76.0 cm³/mol. The molecule has 1 aromatic carbocycles. The zero-order valence-electron chi connectivity index (χ0n) is 9.98. The molecule has 0 saturated heterocycles. The van der Waals surface area contributed by atoms with Crippen molar-refractivity contribution in [2.24, 2.45) is 0 Å². The highest BCUT2D eigenvalue weighted by Gasteiger charge is 2.10. The fraction of sp³-hybridized carbons (Fsp3) is 0.182. The van der Waals surface area contributed by atoms with Gasteiger partial charge in [0.15, 0.2) is 0 Å². The molecule has 2 aromatic rings. The number of nitrogens with zero attached hydrogens (tertiary/aromatic N) is 3. The molecule has 0 unspecified atom stereocenters. The van der Waals surface area contributed by atoms with Gasteiger partial charge in [-0.05, 0) is 12.1 Å². The summed E-state index contributed by atoms with van der Waals surface area (Å²) in [7, 11) is 0. The number of rotatable bonds is 4. The Morgan fingerprint density at radius 2 is 1.95 bits per heavy atom. The number of halogens is 3. The Morgan fingerprint density at radius 3 is 2.60 bits per heavy atom. The quantitative estimate of drug-likeness (QED) is 0.841. The first-order valence-electron chi connectivity index (χ1n) is 5.44. The molecule has 2 N–H and O–H groups in total. The molecule has 0 aliphatic heterocycles. The molecular weight excluding hydrogens is 327 g/mol. The van der Waals surface area contributed by atoms with Gasteiger partial charge in [0.2, 0.25) is 5.91 Å². The summed E-state index contributed by atoms with van der Waals surface area (Å²) in [5, 5.41) is 19.7. The van der Waals surface area contributed by atoms with Gasteiger partial charge in [-0.25, -0.2) is 4.68 Å². The van der Waals surface area contributed by atoms with Gasteiger partial charge in [0.05, 0.1) is 33.6 Å². The first-order chi connectivity index (χ1) is 9.49. The second-order valence-electron chi connectivity index (χ2n) is 3.86. The number of benzene rings is 1. The number of anilines is 1. The average molecular weight is 336 g/mol. The standard InChI is InChI=1S/C11H9Cl3N4O2/c12-7-1-9(14)10(2-8(7)13)15-11(20)4-18-3-6(5-19)16-17-18/h1-3,19H,4-5H2,(H,15,20). The number of aliphatic hydroxyl groups is 1. The number of nitrogens with one attached hydrogen (secondary N) is 1. The van der Waals surface area contributed by atoms with Crippen molar-refractivity contribution in [2.75, 3.05) is 5.32 Å². The molecule has 0 fully saturated rings. The molecule has 0 atom stereocenters. The van der Waals surface area contributed by atoms with Crippen molar-refractivity contribution in [2.45, 2.75) is 13.2 Å². The summed E-state index contributed by atoms with van der Waals surface area (Å²) in [6.07, 6.45) is 1.47. The zero-order valence-corrected chi connectivity index (χ0v) is 12.2. The van der Waals surface area contributed by atoms with Gasteiger partial charge in [-0.2, -0.15) is 0 Å². The van der Waals surface area contributed by atoms with E-state index in [2.05, 4.69) is 15.6 Å². The Bertz CT molecular complexity index is 645. The molecule has 0 saturated carbocycles. The van der Waals surface area contributed by atoms with Crippen LogP contribution in [0.2, 0.25) is 15.1 Å². The lowest BCUT2D eigenvalue weighted by atomic mass is 10.3. The van der Waals surface area contributed by atoms with Crippen LogP contribution in [-0.4, -0.2) is 26.0 Å². The van der Waals surface area contributed by atoms with E-state index in [0.717, 1.165) is 0 Å². The molecule has 0 aliphatic carbocycles. The highest BCUT2D eigenvalue weighted by Crippen LogP contribution is 2.32. The zero-order chi connectivity index (χ0) is 14.7. The number of hydrogen-bond donors (Lipinski definition) is 2. The van der Waals surface area contributed by atoms with Crippen LogP contribution in [0.5, 0.6) is 0 Å². The largest absolute Gasteiger partial charge is 0.390 e. The van der Waals surface area contributed by atoms with E-state index in [0.29, 0.717) is 16.4 Å². The van der Waals surface area contributed by atoms with E-state index in [1.807, 2.05) is 0 Å². The van der Waals surface area contributed by atoms with Crippen LogP contribution in [0.3, 0.4) is 0 Å². The predicted octanol–water partition coefficient (Wildman–Crippen LogP) is 2.37. The summed E-state index contributed by atoms with van der Waals surface area (Å²) in [5.41, 5.74) is 0.735. The molecule has 6 nitrogen and oxygen atoms in total. The molecule has 1 amide bonds. The highest BCUT2D eigenvalue weighted by molar-refractivity contribution is 6.44. The van der Waals surface area contributed by atoms with E-state index >= 15 is 0 Å². The van der Waals surface area contributed by atoms with Gasteiger partial charge in [-0.15, -0.1) is 5.10 Å². The number of aliphatic hydroxyl groups excluding tert-OH is 1. The maximum atomic E-state index is 11.8. The molecule has 0 aliphatic rings. The average Bonchev–Trinajstić information content (AvgIpc) is 2.83. The van der Waals surface area contributed by atoms with E-state index in [1.165, 1.54) is 23.0 Å². The summed E-state index contributed by atoms with van der Waals surface area (Å²) >= 11 is 17.6. The maximum Gasteiger partial charge on any atom is 0.246 e. The molecule has 1 heterocycles. The van der Waals surface area contributed by atoms with Crippen molar-refractivity contribution in [3.05, 3.63) is 39.1 Å². The van der Waals surface area contributed by atoms with Crippen LogP contribution in [0, 0.1) is 0 Å². The van der Waals surface area contributed by atoms with Crippen molar-refractivity contribution < 1.29 is 9.90 Å². The smallest absolute Gasteiger partial charge is 0.246 e. The third-order valence-electron chi connectivity index (χ3n) is 2.34. The lowest BCUT2D eigenvalue weighted by Crippen LogP contribution is -2.19. The Morgan fingerprint density at radius 1 is 1.25 bits per heavy atom. The number of aromatic nitrogens is 3. The van der Waals surface area contributed by atoms with Crippen molar-refractivity contribution in [3.63, 3.8) is 0 Å². The van der Waals surface area contributed by atoms with Gasteiger partial charge in [-0.3, -0.25) is 4.79 Å². The minimum atomic E-state index is -0.361. The lowest BCUT2D eigenvalue weighted by molar-refractivity contribution is -0.116. The number of amides is 1. The van der Waals surface area contributed by atoms with Crippen molar-refractivity contribution in [3.8, 4) is 0 Å². The van der Waals surface area contributed by atoms with E-state index in [4.69, 9.17) is 39.9 Å². The molecule has 0 spiro atoms. The van der Waals surface area contributed by atoms with Crippen molar-refractivity contribution in [1.29, 1.82) is 0 Å². The molecule has 20 heavy (non-hydrogen) atoms. The second-order valence-corrected chi connectivity index (χ2v) is 5.08. The normalized spacial score (nSPS) is 10.6. The molecule has 0 bridgehead atoms. The number of carbonyl (C=O) groups excluding carboxylic acids is 1. The molecule has 0 radical (unpaired) electrons. The minimum absolute atomic E-state index is 0.0659. The Balaban J connectivity index is 2.06. The van der Waals surface area contributed by atoms with Crippen LogP contribution in [0.4, 0.5) is 5.69 Å². The van der Waals surface area contributed by atoms with Crippen molar-refractivity contribution >= 4 is 46.4 Å². The summed E-state index contributed by atoms with van der Waals surface area (Å²) in [5.74, 6) is -0.361. The van der Waals surface area contributed by atoms with Crippen LogP contribution in [0.25, 0.3) is 0 Å². The Hall–Kier alpha value is -1.34. The van der Waals surface area contributed by atoms with Crippen LogP contribution < -0.4 is 5.32 Å². The summed E-state index contributed by atoms with van der Waals surface area (Å²) in [4.78, 5) is 11.8. The summed E-state index contributed by atoms with van der Waals surface area (Å²) in [6, 6.07) is 2.91. The SMILES string of the molecule is O=C(Cn1cc(CO)nn1)Nc1cc(Cl)c(Cl)cc1Cl. The first-order valence-corrected chi connectivity index (χ1v) is 6.57. The van der Waals surface area contributed by atoms with Crippen LogP contribution in [0.15, 0.2) is 18.3 Å². The Labute approximate surface area is 129 Å². The first kappa shape index (κ1) is 15.1. The number of carbonyl (C=O) groups is 1. The molecular formula is C11H9Cl3N4O2. The third kappa shape index (κ3) is 3.61. The maximum absolute atomic E-state index is 11.8. The summed E-state index contributed by atoms with van der Waals surface area (Å²) in [6.45, 7) is -0.302. The third-order valence-corrected chi connectivity index (χ3v) is 3.37. The lowest BCUT2D eigenvalue weighted by Gasteiger charge is -2.08. The van der Waals surface area contributed by atoms with Gasteiger partial charge in [-0.1, -0.05) is 40.0 Å². The van der Waals surface area contributed by atoms with Crippen LogP contribution in [-0.2, 0) is 17.9 Å². The van der Waals surface area contributed by atoms with Crippen LogP contribution >= 0.6 is 34.8 Å². The van der Waals surface area contributed by atoms with E-state index in [1.54, 1.807) is 0 Å². The fourth-order valence-corrected chi connectivity index (χ4v) is 2.04. The summed E-state index contributed by atoms with van der Waals surface area (Å²) < 4.78 is 1.30. The van der Waals surface area contributed by atoms with E-state index < -0.39 is 0 Å². The van der Waals surface area contributed by atoms with Crippen molar-refractivity contribution in [1.82, 2.24) is 15.0 Å². The van der Waals surface area contributed by atoms with Crippen LogP contribution in [0.1, 0.15) is 5.69 Å². The highest BCUT2D eigenvalue weighted by atomic mass is 35.5. The number of hydrogen-bond acceptors (Lipinski definition) is 4. The molecule has 9 heteroatoms. The van der Waals surface area contributed by atoms with E-state index in [9.17, 15) is 4.79 Å². The van der Waals surface area contributed by atoms with Gasteiger partial charge in [0.1, 0.15) is 12.2 Å². The second kappa shape index (κ2) is 6.41. The molecule has 1 aromatic heterocycles. The van der Waals surface area contributed by atoms with Gasteiger partial charge >= 0.3 is 0 Å². The molecule has 106 valence electrons. The monoisotopic (exact) mass is 334 g/mol. The fourth-order valence-electron chi connectivity index (χ4n) is 1.44. The van der Waals surface area contributed by atoms with Gasteiger partial charge < -0.3 is 10.4 Å². The van der Waals surface area contributed by atoms with Gasteiger partial charge in [0, 0.05) is 0 Å². The Kier molecular flexibility index (Phi) is 4.82. The van der Waals surface area contributed by atoms with E-state index in [-0.39, 0.29) is 29.1 Å². The minimum Gasteiger partial charge on any atom is -0.390 e. The molecule has 2 rings (SSSR count). The topological polar surface area (TPSA) is 80.0 Å².